The summed E-state index contributed by atoms with van der Waals surface area (Å²) in [4.78, 5) is 35.4. The van der Waals surface area contributed by atoms with E-state index in [4.69, 9.17) is 14.7 Å². The van der Waals surface area contributed by atoms with Crippen LogP contribution in [0.1, 0.15) is 74.2 Å². The Balaban J connectivity index is 1.24. The molecule has 1 saturated carbocycles. The highest BCUT2D eigenvalue weighted by molar-refractivity contribution is 5.85. The molecule has 9 nitrogen and oxygen atoms in total. The summed E-state index contributed by atoms with van der Waals surface area (Å²) in [6.45, 7) is 3.39. The van der Waals surface area contributed by atoms with Crippen LogP contribution in [-0.2, 0) is 22.4 Å². The van der Waals surface area contributed by atoms with E-state index in [0.717, 1.165) is 56.1 Å². The number of fused-ring (bicyclic) bond motifs is 1. The zero-order chi connectivity index (χ0) is 22.9. The Morgan fingerprint density at radius 3 is 2.71 bits per heavy atom. The lowest BCUT2D eigenvalue weighted by Gasteiger charge is -2.32. The molecule has 4 aliphatic rings. The molecule has 0 bridgehead atoms. The molecule has 0 unspecified atom stereocenters. The number of nitrogens with one attached hydrogen (secondary N) is 2. The van der Waals surface area contributed by atoms with Gasteiger partial charge in [-0.2, -0.15) is 4.98 Å². The van der Waals surface area contributed by atoms with E-state index >= 15 is 0 Å². The third kappa shape index (κ3) is 4.26. The Morgan fingerprint density at radius 2 is 1.85 bits per heavy atom. The van der Waals surface area contributed by atoms with Gasteiger partial charge in [0.25, 0.3) is 0 Å². The van der Waals surface area contributed by atoms with Gasteiger partial charge in [-0.05, 0) is 44.9 Å². The van der Waals surface area contributed by atoms with E-state index in [0.29, 0.717) is 38.2 Å². The van der Waals surface area contributed by atoms with E-state index in [2.05, 4.69) is 20.2 Å². The maximum absolute atomic E-state index is 13.3. The summed E-state index contributed by atoms with van der Waals surface area (Å²) < 4.78 is 5.44. The number of hydrogen-bond donors (Lipinski definition) is 2. The van der Waals surface area contributed by atoms with Crippen LogP contribution in [0.2, 0.25) is 0 Å². The van der Waals surface area contributed by atoms with E-state index in [1.54, 1.807) is 0 Å². The molecule has 3 fully saturated rings. The zero-order valence-electron chi connectivity index (χ0n) is 19.9. The predicted octanol–water partition coefficient (Wildman–Crippen LogP) is 3.31. The molecule has 182 valence electrons. The van der Waals surface area contributed by atoms with Crippen LogP contribution in [0, 0.1) is 0 Å². The first-order chi connectivity index (χ1) is 16.8. The molecule has 2 saturated heterocycles. The maximum Gasteiger partial charge on any atom is 0.245 e. The molecule has 1 amide bonds. The lowest BCUT2D eigenvalue weighted by atomic mass is 9.87. The minimum Gasteiger partial charge on any atom is -0.378 e. The van der Waals surface area contributed by atoms with Crippen LogP contribution < -0.4 is 10.2 Å². The molecular weight excluding hydrogens is 430 g/mol. The number of carbonyl (C=O) groups excluding carboxylic acids is 1. The summed E-state index contributed by atoms with van der Waals surface area (Å²) in [5, 5.41) is 3.48. The molecular formula is C25H35N7O2. The number of hydrogen-bond acceptors (Lipinski definition) is 7. The van der Waals surface area contributed by atoms with Crippen molar-refractivity contribution in [2.45, 2.75) is 76.2 Å². The standard InChI is InChI=1S/C25H35N7O2/c33-23(31-12-14-34-15-13-31)21-10-5-11-32(21)25-28-19-9-4-8-18(19)22(30-25)29-24-26-16-20(27-24)17-6-2-1-3-7-17/h16-17,21H,1-15H2,(H2,26,27,28,29,30)/t21-/m0/s1. The molecule has 2 aliphatic heterocycles. The van der Waals surface area contributed by atoms with Gasteiger partial charge in [-0.15, -0.1) is 0 Å². The summed E-state index contributed by atoms with van der Waals surface area (Å²) in [6.07, 6.45) is 13.3. The molecule has 2 aliphatic carbocycles. The smallest absolute Gasteiger partial charge is 0.245 e. The summed E-state index contributed by atoms with van der Waals surface area (Å²) in [5.74, 6) is 3.03. The fourth-order valence-electron chi connectivity index (χ4n) is 6.04. The molecule has 6 rings (SSSR count). The Morgan fingerprint density at radius 1 is 1.00 bits per heavy atom. The van der Waals surface area contributed by atoms with Gasteiger partial charge in [0, 0.05) is 36.8 Å². The van der Waals surface area contributed by atoms with Gasteiger partial charge >= 0.3 is 0 Å². The van der Waals surface area contributed by atoms with Crippen LogP contribution in [0.3, 0.4) is 0 Å². The van der Waals surface area contributed by atoms with Crippen molar-refractivity contribution in [3.05, 3.63) is 23.1 Å². The number of imidazole rings is 1. The second-order valence-corrected chi connectivity index (χ2v) is 10.1. The van der Waals surface area contributed by atoms with Gasteiger partial charge in [0.15, 0.2) is 0 Å². The summed E-state index contributed by atoms with van der Waals surface area (Å²) in [6, 6.07) is -0.188. The first kappa shape index (κ1) is 21.8. The zero-order valence-corrected chi connectivity index (χ0v) is 19.9. The first-order valence-electron chi connectivity index (χ1n) is 13.1. The van der Waals surface area contributed by atoms with E-state index in [-0.39, 0.29) is 11.9 Å². The maximum atomic E-state index is 13.3. The predicted molar refractivity (Wildman–Crippen MR) is 130 cm³/mol. The molecule has 2 aromatic rings. The largest absolute Gasteiger partial charge is 0.378 e. The topological polar surface area (TPSA) is 99.3 Å². The molecule has 4 heterocycles. The van der Waals surface area contributed by atoms with E-state index in [1.807, 2.05) is 11.1 Å². The Hall–Kier alpha value is -2.68. The highest BCUT2D eigenvalue weighted by Crippen LogP contribution is 2.34. The van der Waals surface area contributed by atoms with E-state index in [1.165, 1.54) is 43.4 Å². The van der Waals surface area contributed by atoms with Crippen LogP contribution in [0.15, 0.2) is 6.20 Å². The third-order valence-corrected chi connectivity index (χ3v) is 7.92. The number of nitrogens with zero attached hydrogens (tertiary/aromatic N) is 5. The van der Waals surface area contributed by atoms with Crippen molar-refractivity contribution in [3.8, 4) is 0 Å². The van der Waals surface area contributed by atoms with Crippen LogP contribution in [0.25, 0.3) is 0 Å². The van der Waals surface area contributed by atoms with Crippen molar-refractivity contribution in [1.29, 1.82) is 0 Å². The van der Waals surface area contributed by atoms with Crippen molar-refractivity contribution in [1.82, 2.24) is 24.8 Å². The van der Waals surface area contributed by atoms with Gasteiger partial charge in [0.2, 0.25) is 17.8 Å². The Bertz CT molecular complexity index is 1030. The average molecular weight is 466 g/mol. The van der Waals surface area contributed by atoms with Crippen LogP contribution in [-0.4, -0.2) is 69.6 Å². The molecule has 0 radical (unpaired) electrons. The second kappa shape index (κ2) is 9.52. The summed E-state index contributed by atoms with van der Waals surface area (Å²) >= 11 is 0. The molecule has 0 spiro atoms. The summed E-state index contributed by atoms with van der Waals surface area (Å²) in [7, 11) is 0. The fourth-order valence-corrected chi connectivity index (χ4v) is 6.04. The average Bonchev–Trinajstić information content (AvgIpc) is 3.65. The molecule has 9 heteroatoms. The number of anilines is 3. The van der Waals surface area contributed by atoms with Gasteiger partial charge in [-0.1, -0.05) is 19.3 Å². The van der Waals surface area contributed by atoms with E-state index in [9.17, 15) is 4.79 Å². The first-order valence-corrected chi connectivity index (χ1v) is 13.1. The Labute approximate surface area is 200 Å². The molecule has 0 aromatic carbocycles. The van der Waals surface area contributed by atoms with Gasteiger partial charge in [-0.3, -0.25) is 4.79 Å². The molecule has 1 atom stereocenters. The third-order valence-electron chi connectivity index (χ3n) is 7.92. The van der Waals surface area contributed by atoms with Gasteiger partial charge in [0.05, 0.1) is 25.1 Å². The van der Waals surface area contributed by atoms with Crippen molar-refractivity contribution < 1.29 is 9.53 Å². The lowest BCUT2D eigenvalue weighted by molar-refractivity contribution is -0.136. The fraction of sp³-hybridized carbons (Fsp3) is 0.680. The number of H-pyrrole nitrogens is 1. The number of ether oxygens (including phenoxy) is 1. The normalized spacial score (nSPS) is 23.4. The monoisotopic (exact) mass is 465 g/mol. The van der Waals surface area contributed by atoms with Gasteiger partial charge in [0.1, 0.15) is 11.9 Å². The van der Waals surface area contributed by atoms with Gasteiger partial charge in [-0.25, -0.2) is 9.97 Å². The number of amides is 1. The van der Waals surface area contributed by atoms with Gasteiger partial charge < -0.3 is 24.8 Å². The number of aromatic nitrogens is 4. The van der Waals surface area contributed by atoms with Crippen LogP contribution in [0.4, 0.5) is 17.7 Å². The molecule has 2 aromatic heterocycles. The van der Waals surface area contributed by atoms with E-state index < -0.39 is 0 Å². The SMILES string of the molecule is O=C([C@@H]1CCCN1c1nc2c(c(Nc3ncc(C4CCCCC4)[nH]3)n1)CCC2)N1CCOCC1. The second-order valence-electron chi connectivity index (χ2n) is 10.1. The number of aryl methyl sites for hydroxylation is 1. The minimum atomic E-state index is -0.188. The number of aromatic amines is 1. The van der Waals surface area contributed by atoms with Crippen molar-refractivity contribution in [2.24, 2.45) is 0 Å². The lowest BCUT2D eigenvalue weighted by Crippen LogP contribution is -2.50. The van der Waals surface area contributed by atoms with Crippen molar-refractivity contribution >= 4 is 23.6 Å². The number of morpholine rings is 1. The summed E-state index contributed by atoms with van der Waals surface area (Å²) in [5.41, 5.74) is 3.52. The van der Waals surface area contributed by atoms with Crippen LogP contribution >= 0.6 is 0 Å². The quantitative estimate of drug-likeness (QED) is 0.699. The van der Waals surface area contributed by atoms with Crippen molar-refractivity contribution in [2.75, 3.05) is 43.1 Å². The van der Waals surface area contributed by atoms with Crippen molar-refractivity contribution in [3.63, 3.8) is 0 Å². The number of carbonyl (C=O) groups is 1. The highest BCUT2D eigenvalue weighted by atomic mass is 16.5. The van der Waals surface area contributed by atoms with Crippen LogP contribution in [0.5, 0.6) is 0 Å². The minimum absolute atomic E-state index is 0.183. The molecule has 2 N–H and O–H groups in total. The Kier molecular flexibility index (Phi) is 6.11. The molecule has 34 heavy (non-hydrogen) atoms. The number of rotatable bonds is 5. The highest BCUT2D eigenvalue weighted by Gasteiger charge is 2.36.